The van der Waals surface area contributed by atoms with Gasteiger partial charge < -0.3 is 5.32 Å². The lowest BCUT2D eigenvalue weighted by Gasteiger charge is -2.08. The smallest absolute Gasteiger partial charge is 0.257 e. The van der Waals surface area contributed by atoms with Crippen LogP contribution in [0.3, 0.4) is 0 Å². The summed E-state index contributed by atoms with van der Waals surface area (Å²) in [7, 11) is 0. The van der Waals surface area contributed by atoms with Crippen molar-refractivity contribution in [2.45, 2.75) is 6.92 Å². The van der Waals surface area contributed by atoms with Crippen molar-refractivity contribution in [3.05, 3.63) is 60.6 Å². The van der Waals surface area contributed by atoms with Crippen molar-refractivity contribution in [2.75, 3.05) is 5.32 Å². The first-order valence-electron chi connectivity index (χ1n) is 5.50. The largest absolute Gasteiger partial charge is 0.322 e. The average molecular weight is 451 g/mol. The van der Waals surface area contributed by atoms with Gasteiger partial charge in [0.1, 0.15) is 0 Å². The number of halogens is 3. The molecule has 0 saturated heterocycles. The molecule has 0 unspecified atom stereocenters. The van der Waals surface area contributed by atoms with Crippen LogP contribution in [0.25, 0.3) is 0 Å². The standard InChI is InChI=1S/C14H10BrClINO/c1-8-2-4-10(12(16)6-8)14(19)18-9-3-5-13(17)11(15)7-9/h2-7H,1H3,(H,18,19). The lowest BCUT2D eigenvalue weighted by molar-refractivity contribution is 0.102. The Balaban J connectivity index is 2.23. The summed E-state index contributed by atoms with van der Waals surface area (Å²) >= 11 is 11.7. The third kappa shape index (κ3) is 3.70. The topological polar surface area (TPSA) is 29.1 Å². The van der Waals surface area contributed by atoms with E-state index in [1.807, 2.05) is 31.2 Å². The van der Waals surface area contributed by atoms with Gasteiger partial charge in [-0.25, -0.2) is 0 Å². The summed E-state index contributed by atoms with van der Waals surface area (Å²) in [6.45, 7) is 1.93. The Bertz CT molecular complexity index is 645. The number of carbonyl (C=O) groups excluding carboxylic acids is 1. The molecule has 1 amide bonds. The molecule has 98 valence electrons. The van der Waals surface area contributed by atoms with Gasteiger partial charge >= 0.3 is 0 Å². The van der Waals surface area contributed by atoms with E-state index in [1.165, 1.54) is 0 Å². The molecular weight excluding hydrogens is 440 g/mol. The van der Waals surface area contributed by atoms with Gasteiger partial charge in [0.15, 0.2) is 0 Å². The predicted molar refractivity (Wildman–Crippen MR) is 91.0 cm³/mol. The van der Waals surface area contributed by atoms with Crippen LogP contribution >= 0.6 is 50.1 Å². The van der Waals surface area contributed by atoms with Crippen molar-refractivity contribution in [1.82, 2.24) is 0 Å². The van der Waals surface area contributed by atoms with E-state index in [2.05, 4.69) is 43.8 Å². The fourth-order valence-corrected chi connectivity index (χ4v) is 2.61. The van der Waals surface area contributed by atoms with Crippen LogP contribution in [0.15, 0.2) is 40.9 Å². The molecule has 0 spiro atoms. The number of hydrogen-bond donors (Lipinski definition) is 1. The van der Waals surface area contributed by atoms with Crippen LogP contribution in [0.4, 0.5) is 5.69 Å². The van der Waals surface area contributed by atoms with Crippen molar-refractivity contribution in [3.8, 4) is 0 Å². The number of aryl methyl sites for hydroxylation is 1. The van der Waals surface area contributed by atoms with E-state index in [4.69, 9.17) is 11.6 Å². The summed E-state index contributed by atoms with van der Waals surface area (Å²) in [5, 5.41) is 3.29. The quantitative estimate of drug-likeness (QED) is 0.621. The molecule has 0 atom stereocenters. The van der Waals surface area contributed by atoms with Crippen LogP contribution in [0.2, 0.25) is 5.02 Å². The molecule has 0 saturated carbocycles. The highest BCUT2D eigenvalue weighted by atomic mass is 127. The fourth-order valence-electron chi connectivity index (χ4n) is 1.58. The number of carbonyl (C=O) groups is 1. The second-order valence-electron chi connectivity index (χ2n) is 4.07. The highest BCUT2D eigenvalue weighted by molar-refractivity contribution is 14.1. The highest BCUT2D eigenvalue weighted by Crippen LogP contribution is 2.24. The molecule has 2 aromatic carbocycles. The molecule has 0 aromatic heterocycles. The first kappa shape index (κ1) is 14.8. The maximum atomic E-state index is 12.1. The third-order valence-corrected chi connectivity index (χ3v) is 5.20. The van der Waals surface area contributed by atoms with Crippen LogP contribution in [0, 0.1) is 10.5 Å². The van der Waals surface area contributed by atoms with Crippen molar-refractivity contribution >= 4 is 61.7 Å². The minimum Gasteiger partial charge on any atom is -0.322 e. The van der Waals surface area contributed by atoms with Crippen molar-refractivity contribution < 1.29 is 4.79 Å². The molecule has 1 N–H and O–H groups in total. The van der Waals surface area contributed by atoms with Crippen LogP contribution in [-0.4, -0.2) is 5.91 Å². The van der Waals surface area contributed by atoms with Crippen molar-refractivity contribution in [2.24, 2.45) is 0 Å². The predicted octanol–water partition coefficient (Wildman–Crippen LogP) is 5.27. The van der Waals surface area contributed by atoms with E-state index < -0.39 is 0 Å². The lowest BCUT2D eigenvalue weighted by atomic mass is 10.1. The molecule has 19 heavy (non-hydrogen) atoms. The monoisotopic (exact) mass is 449 g/mol. The Morgan fingerprint density at radius 3 is 2.63 bits per heavy atom. The molecule has 2 rings (SSSR count). The van der Waals surface area contributed by atoms with Gasteiger partial charge in [0.2, 0.25) is 0 Å². The fraction of sp³-hybridized carbons (Fsp3) is 0.0714. The van der Waals surface area contributed by atoms with E-state index in [0.717, 1.165) is 19.3 Å². The number of nitrogens with one attached hydrogen (secondary N) is 1. The van der Waals surface area contributed by atoms with E-state index in [9.17, 15) is 4.79 Å². The maximum absolute atomic E-state index is 12.1. The first-order valence-corrected chi connectivity index (χ1v) is 7.75. The summed E-state index contributed by atoms with van der Waals surface area (Å²) in [6, 6.07) is 11.0. The van der Waals surface area contributed by atoms with Gasteiger partial charge in [0.25, 0.3) is 5.91 Å². The molecule has 2 nitrogen and oxygen atoms in total. The van der Waals surface area contributed by atoms with Gasteiger partial charge in [-0.1, -0.05) is 17.7 Å². The Morgan fingerprint density at radius 2 is 2.00 bits per heavy atom. The molecular formula is C14H10BrClINO. The number of rotatable bonds is 2. The molecule has 0 fully saturated rings. The van der Waals surface area contributed by atoms with Crippen LogP contribution in [0.1, 0.15) is 15.9 Å². The zero-order valence-electron chi connectivity index (χ0n) is 10.0. The molecule has 0 heterocycles. The summed E-state index contributed by atoms with van der Waals surface area (Å²) in [5.74, 6) is -0.210. The molecule has 0 radical (unpaired) electrons. The summed E-state index contributed by atoms with van der Waals surface area (Å²) < 4.78 is 2.03. The van der Waals surface area contributed by atoms with E-state index in [0.29, 0.717) is 10.6 Å². The van der Waals surface area contributed by atoms with Gasteiger partial charge in [-0.15, -0.1) is 0 Å². The second-order valence-corrected chi connectivity index (χ2v) is 6.49. The molecule has 0 aliphatic rings. The molecule has 0 bridgehead atoms. The van der Waals surface area contributed by atoms with Crippen LogP contribution < -0.4 is 5.32 Å². The molecule has 0 aliphatic carbocycles. The second kappa shape index (κ2) is 6.24. The van der Waals surface area contributed by atoms with Gasteiger partial charge in [-0.2, -0.15) is 0 Å². The third-order valence-electron chi connectivity index (χ3n) is 2.55. The average Bonchev–Trinajstić information content (AvgIpc) is 2.33. The summed E-state index contributed by atoms with van der Waals surface area (Å²) in [6.07, 6.45) is 0. The van der Waals surface area contributed by atoms with E-state index in [1.54, 1.807) is 12.1 Å². The van der Waals surface area contributed by atoms with Gasteiger partial charge in [-0.05, 0) is 81.3 Å². The maximum Gasteiger partial charge on any atom is 0.257 e. The van der Waals surface area contributed by atoms with E-state index in [-0.39, 0.29) is 5.91 Å². The number of hydrogen-bond acceptors (Lipinski definition) is 1. The molecule has 0 aliphatic heterocycles. The molecule has 5 heteroatoms. The number of anilines is 1. The number of benzene rings is 2. The minimum absolute atomic E-state index is 0.210. The Hall–Kier alpha value is -0.590. The molecule has 2 aromatic rings. The first-order chi connectivity index (χ1) is 8.97. The van der Waals surface area contributed by atoms with Crippen LogP contribution in [0.5, 0.6) is 0 Å². The Labute approximate surface area is 138 Å². The van der Waals surface area contributed by atoms with Crippen molar-refractivity contribution in [1.29, 1.82) is 0 Å². The zero-order valence-corrected chi connectivity index (χ0v) is 14.5. The van der Waals surface area contributed by atoms with Crippen LogP contribution in [-0.2, 0) is 0 Å². The normalized spacial score (nSPS) is 10.3. The van der Waals surface area contributed by atoms with Gasteiger partial charge in [0.05, 0.1) is 10.6 Å². The minimum atomic E-state index is -0.210. The summed E-state index contributed by atoms with van der Waals surface area (Å²) in [5.41, 5.74) is 2.23. The summed E-state index contributed by atoms with van der Waals surface area (Å²) in [4.78, 5) is 12.1. The van der Waals surface area contributed by atoms with Gasteiger partial charge in [-0.3, -0.25) is 4.79 Å². The number of amides is 1. The van der Waals surface area contributed by atoms with Crippen molar-refractivity contribution in [3.63, 3.8) is 0 Å². The Kier molecular flexibility index (Phi) is 4.86. The van der Waals surface area contributed by atoms with E-state index >= 15 is 0 Å². The lowest BCUT2D eigenvalue weighted by Crippen LogP contribution is -2.12. The SMILES string of the molecule is Cc1ccc(C(=O)Nc2ccc(I)c(Br)c2)c(Cl)c1. The highest BCUT2D eigenvalue weighted by Gasteiger charge is 2.11. The van der Waals surface area contributed by atoms with Gasteiger partial charge in [0, 0.05) is 13.7 Å². The zero-order chi connectivity index (χ0) is 14.0. The Morgan fingerprint density at radius 1 is 1.26 bits per heavy atom.